The average molecular weight is 412 g/mol. The summed E-state index contributed by atoms with van der Waals surface area (Å²) < 4.78 is 14.1. The van der Waals surface area contributed by atoms with Crippen LogP contribution in [-0.4, -0.2) is 23.3 Å². The molecule has 0 aliphatic carbocycles. The number of carbonyl (C=O) groups excluding carboxylic acids is 1. The van der Waals surface area contributed by atoms with E-state index in [1.54, 1.807) is 29.7 Å². The number of allylic oxidation sites excluding steroid dienone is 3. The molecule has 152 valence electrons. The van der Waals surface area contributed by atoms with Crippen molar-refractivity contribution in [1.82, 2.24) is 9.97 Å². The second-order valence-corrected chi connectivity index (χ2v) is 7.48. The molecule has 0 saturated heterocycles. The normalized spacial score (nSPS) is 10.9. The van der Waals surface area contributed by atoms with Crippen LogP contribution in [0.25, 0.3) is 10.2 Å². The smallest absolute Gasteiger partial charge is 0.186 e. The molecule has 0 spiro atoms. The molecule has 29 heavy (non-hydrogen) atoms. The lowest BCUT2D eigenvalue weighted by molar-refractivity contribution is -0.107. The van der Waals surface area contributed by atoms with Gasteiger partial charge in [0.25, 0.3) is 0 Å². The monoisotopic (exact) mass is 411 g/mol. The van der Waals surface area contributed by atoms with Gasteiger partial charge < -0.3 is 9.69 Å². The van der Waals surface area contributed by atoms with E-state index in [0.717, 1.165) is 46.6 Å². The van der Waals surface area contributed by atoms with Gasteiger partial charge >= 0.3 is 0 Å². The van der Waals surface area contributed by atoms with Crippen LogP contribution in [0.2, 0.25) is 0 Å². The van der Waals surface area contributed by atoms with E-state index in [-0.39, 0.29) is 5.82 Å². The fourth-order valence-corrected chi connectivity index (χ4v) is 3.47. The van der Waals surface area contributed by atoms with Gasteiger partial charge in [-0.3, -0.25) is 4.98 Å². The predicted molar refractivity (Wildman–Crippen MR) is 120 cm³/mol. The maximum absolute atomic E-state index is 13.1. The summed E-state index contributed by atoms with van der Waals surface area (Å²) in [5, 5.41) is 0.879. The van der Waals surface area contributed by atoms with Gasteiger partial charge in [0.2, 0.25) is 0 Å². The average Bonchev–Trinajstić information content (AvgIpc) is 3.16. The summed E-state index contributed by atoms with van der Waals surface area (Å²) in [4.78, 5) is 20.6. The number of pyridine rings is 1. The Hall–Kier alpha value is -2.86. The SMILES string of the molecule is C=C/C(=C\CCC)CC=O.CN(Cc1cccnc1)c1nc2cc(F)ccc2s1. The van der Waals surface area contributed by atoms with Crippen molar-refractivity contribution in [2.75, 3.05) is 11.9 Å². The first-order valence-corrected chi connectivity index (χ1v) is 10.3. The molecule has 0 N–H and O–H groups in total. The zero-order valence-electron chi connectivity index (χ0n) is 16.8. The van der Waals surface area contributed by atoms with Crippen LogP contribution in [0.4, 0.5) is 9.52 Å². The molecule has 6 heteroatoms. The van der Waals surface area contributed by atoms with E-state index in [1.165, 1.54) is 12.1 Å². The molecule has 0 bridgehead atoms. The van der Waals surface area contributed by atoms with Crippen LogP contribution in [0.1, 0.15) is 31.7 Å². The third-order valence-corrected chi connectivity index (χ3v) is 5.23. The number of hydrogen-bond donors (Lipinski definition) is 0. The lowest BCUT2D eigenvalue weighted by Gasteiger charge is -2.14. The van der Waals surface area contributed by atoms with Gasteiger partial charge in [-0.25, -0.2) is 9.37 Å². The van der Waals surface area contributed by atoms with Crippen molar-refractivity contribution in [1.29, 1.82) is 0 Å². The number of unbranched alkanes of at least 4 members (excludes halogenated alkanes) is 1. The summed E-state index contributed by atoms with van der Waals surface area (Å²) in [6.07, 6.45) is 11.0. The fraction of sp³-hybridized carbons (Fsp3) is 0.261. The highest BCUT2D eigenvalue weighted by Gasteiger charge is 2.09. The zero-order chi connectivity index (χ0) is 21.1. The zero-order valence-corrected chi connectivity index (χ0v) is 17.7. The number of benzene rings is 1. The largest absolute Gasteiger partial charge is 0.347 e. The van der Waals surface area contributed by atoms with Gasteiger partial charge in [0.15, 0.2) is 5.13 Å². The second-order valence-electron chi connectivity index (χ2n) is 6.47. The molecule has 3 aromatic rings. The Kier molecular flexibility index (Phi) is 9.18. The standard InChI is InChI=1S/C14H12FN3S.C9H14O/c1-18(9-10-3-2-6-16-8-10)14-17-12-7-11(15)4-5-13(12)19-14;1-3-5-6-9(4-2)7-8-10/h2-8H,9H2,1H3;4,6,8H,2-3,5,7H2,1H3/b;9-6+. The lowest BCUT2D eigenvalue weighted by Crippen LogP contribution is -2.15. The fourth-order valence-electron chi connectivity index (χ4n) is 2.56. The van der Waals surface area contributed by atoms with Gasteiger partial charge in [0, 0.05) is 38.5 Å². The van der Waals surface area contributed by atoms with Crippen LogP contribution in [0, 0.1) is 5.82 Å². The maximum atomic E-state index is 13.1. The van der Waals surface area contributed by atoms with Crippen LogP contribution in [0.15, 0.2) is 67.0 Å². The molecule has 0 saturated carbocycles. The maximum Gasteiger partial charge on any atom is 0.186 e. The Morgan fingerprint density at radius 2 is 2.17 bits per heavy atom. The van der Waals surface area contributed by atoms with E-state index in [9.17, 15) is 9.18 Å². The molecular weight excluding hydrogens is 385 g/mol. The predicted octanol–water partition coefficient (Wildman–Crippen LogP) is 5.95. The number of rotatable bonds is 8. The van der Waals surface area contributed by atoms with Crippen LogP contribution in [0.5, 0.6) is 0 Å². The Morgan fingerprint density at radius 1 is 1.34 bits per heavy atom. The summed E-state index contributed by atoms with van der Waals surface area (Å²) in [5.41, 5.74) is 2.87. The number of carbonyl (C=O) groups is 1. The molecule has 3 rings (SSSR count). The number of thiazole rings is 1. The van der Waals surface area contributed by atoms with E-state index in [0.29, 0.717) is 11.9 Å². The van der Waals surface area contributed by atoms with Crippen LogP contribution in [0.3, 0.4) is 0 Å². The highest BCUT2D eigenvalue weighted by atomic mass is 32.1. The number of aromatic nitrogens is 2. The number of halogens is 1. The molecule has 0 aliphatic heterocycles. The minimum absolute atomic E-state index is 0.251. The molecule has 0 radical (unpaired) electrons. The van der Waals surface area contributed by atoms with Crippen LogP contribution in [-0.2, 0) is 11.3 Å². The van der Waals surface area contributed by atoms with Gasteiger partial charge in [0.1, 0.15) is 12.1 Å². The van der Waals surface area contributed by atoms with Crippen molar-refractivity contribution >= 4 is 33.0 Å². The Bertz CT molecular complexity index is 953. The van der Waals surface area contributed by atoms with Gasteiger partial charge in [-0.2, -0.15) is 0 Å². The van der Waals surface area contributed by atoms with Crippen molar-refractivity contribution in [3.8, 4) is 0 Å². The van der Waals surface area contributed by atoms with E-state index >= 15 is 0 Å². The minimum Gasteiger partial charge on any atom is -0.347 e. The summed E-state index contributed by atoms with van der Waals surface area (Å²) in [7, 11) is 1.97. The van der Waals surface area contributed by atoms with Gasteiger partial charge in [-0.1, -0.05) is 49.5 Å². The first-order chi connectivity index (χ1) is 14.1. The van der Waals surface area contributed by atoms with Crippen LogP contribution >= 0.6 is 11.3 Å². The van der Waals surface area contributed by atoms with Crippen LogP contribution < -0.4 is 4.90 Å². The molecule has 0 amide bonds. The third kappa shape index (κ3) is 7.23. The molecule has 0 unspecified atom stereocenters. The molecular formula is C23H26FN3OS. The highest BCUT2D eigenvalue weighted by molar-refractivity contribution is 7.22. The quantitative estimate of drug-likeness (QED) is 0.339. The summed E-state index contributed by atoms with van der Waals surface area (Å²) in [5.74, 6) is -0.251. The summed E-state index contributed by atoms with van der Waals surface area (Å²) in [6.45, 7) is 6.45. The van der Waals surface area contributed by atoms with E-state index in [1.807, 2.05) is 30.3 Å². The Labute approximate surface area is 175 Å². The minimum atomic E-state index is -0.251. The highest BCUT2D eigenvalue weighted by Crippen LogP contribution is 2.29. The van der Waals surface area contributed by atoms with E-state index in [2.05, 4.69) is 29.5 Å². The number of fused-ring (bicyclic) bond motifs is 1. The molecule has 0 fully saturated rings. The molecule has 1 aromatic carbocycles. The van der Waals surface area contributed by atoms with Gasteiger partial charge in [-0.15, -0.1) is 0 Å². The van der Waals surface area contributed by atoms with Crippen molar-refractivity contribution in [3.05, 3.63) is 78.4 Å². The number of nitrogens with zero attached hydrogens (tertiary/aromatic N) is 3. The second kappa shape index (κ2) is 11.9. The van der Waals surface area contributed by atoms with Gasteiger partial charge in [0.05, 0.1) is 10.2 Å². The first kappa shape index (κ1) is 22.4. The summed E-state index contributed by atoms with van der Waals surface area (Å²) >= 11 is 1.56. The number of aldehydes is 1. The molecule has 0 atom stereocenters. The Balaban J connectivity index is 0.000000257. The van der Waals surface area contributed by atoms with Crippen molar-refractivity contribution in [2.24, 2.45) is 0 Å². The molecule has 2 aromatic heterocycles. The number of hydrogen-bond acceptors (Lipinski definition) is 5. The Morgan fingerprint density at radius 3 is 2.83 bits per heavy atom. The van der Waals surface area contributed by atoms with Crippen molar-refractivity contribution in [3.63, 3.8) is 0 Å². The lowest BCUT2D eigenvalue weighted by atomic mass is 10.1. The molecule has 2 heterocycles. The van der Waals surface area contributed by atoms with E-state index < -0.39 is 0 Å². The topological polar surface area (TPSA) is 46.1 Å². The van der Waals surface area contributed by atoms with Crippen molar-refractivity contribution in [2.45, 2.75) is 32.7 Å². The summed E-state index contributed by atoms with van der Waals surface area (Å²) in [6, 6.07) is 8.63. The van der Waals surface area contributed by atoms with Crippen molar-refractivity contribution < 1.29 is 9.18 Å². The number of anilines is 1. The first-order valence-electron chi connectivity index (χ1n) is 9.48. The third-order valence-electron chi connectivity index (χ3n) is 4.08. The van der Waals surface area contributed by atoms with E-state index in [4.69, 9.17) is 0 Å². The molecule has 0 aliphatic rings. The van der Waals surface area contributed by atoms with Gasteiger partial charge in [-0.05, 0) is 35.8 Å². The molecule has 4 nitrogen and oxygen atoms in total.